The number of fused-ring (bicyclic) bond motifs is 3. The van der Waals surface area contributed by atoms with Gasteiger partial charge in [0.2, 0.25) is 11.8 Å². The lowest BCUT2D eigenvalue weighted by Gasteiger charge is -2.29. The van der Waals surface area contributed by atoms with E-state index in [9.17, 15) is 15.3 Å². The molecule has 0 saturated heterocycles. The van der Waals surface area contributed by atoms with Crippen molar-refractivity contribution < 1.29 is 9.53 Å². The Balaban J connectivity index is 1.63. The lowest BCUT2D eigenvalue weighted by molar-refractivity contribution is 0.0270. The molecule has 4 aromatic rings. The highest BCUT2D eigenvalue weighted by molar-refractivity contribution is 6.04. The Bertz CT molecular complexity index is 1860. The van der Waals surface area contributed by atoms with E-state index in [4.69, 9.17) is 9.72 Å². The lowest BCUT2D eigenvalue weighted by atomic mass is 9.91. The molecule has 5 rings (SSSR count). The molecule has 4 heterocycles. The van der Waals surface area contributed by atoms with Crippen LogP contribution in [-0.2, 0) is 17.2 Å². The van der Waals surface area contributed by atoms with Gasteiger partial charge in [-0.25, -0.2) is 4.79 Å². The van der Waals surface area contributed by atoms with Crippen LogP contribution in [0.1, 0.15) is 52.3 Å². The minimum Gasteiger partial charge on any atom is -0.444 e. The maximum absolute atomic E-state index is 12.5. The van der Waals surface area contributed by atoms with Gasteiger partial charge in [-0.15, -0.1) is 4.99 Å². The largest absolute Gasteiger partial charge is 0.444 e. The van der Waals surface area contributed by atoms with Crippen molar-refractivity contribution in [3.05, 3.63) is 65.7 Å². The summed E-state index contributed by atoms with van der Waals surface area (Å²) in [5, 5.41) is 20.0. The number of carbonyl (C=O) groups excluding carboxylic acids is 1. The van der Waals surface area contributed by atoms with E-state index in [0.29, 0.717) is 36.5 Å². The third-order valence-corrected chi connectivity index (χ3v) is 7.21. The van der Waals surface area contributed by atoms with Gasteiger partial charge in [-0.1, -0.05) is 12.1 Å². The maximum Gasteiger partial charge on any atom is 0.410 e. The molecule has 41 heavy (non-hydrogen) atoms. The van der Waals surface area contributed by atoms with Crippen molar-refractivity contribution in [2.24, 2.45) is 12.0 Å². The van der Waals surface area contributed by atoms with Gasteiger partial charge in [0.05, 0.1) is 51.8 Å². The Morgan fingerprint density at radius 1 is 1.07 bits per heavy atom. The van der Waals surface area contributed by atoms with Crippen molar-refractivity contribution in [3.8, 4) is 17.9 Å². The van der Waals surface area contributed by atoms with E-state index in [2.05, 4.69) is 28.2 Å². The second kappa shape index (κ2) is 10.2. The number of hydrogen-bond donors (Lipinski definition) is 0. The third kappa shape index (κ3) is 5.17. The summed E-state index contributed by atoms with van der Waals surface area (Å²) >= 11 is 0. The lowest BCUT2D eigenvalue weighted by Crippen LogP contribution is -2.39. The predicted molar refractivity (Wildman–Crippen MR) is 156 cm³/mol. The summed E-state index contributed by atoms with van der Waals surface area (Å²) in [6.45, 7) is 10.3. The van der Waals surface area contributed by atoms with Crippen LogP contribution in [0.4, 0.5) is 4.79 Å². The molecule has 0 bridgehead atoms. The molecule has 10 nitrogen and oxygen atoms in total. The Labute approximate surface area is 238 Å². The van der Waals surface area contributed by atoms with Gasteiger partial charge in [-0.05, 0) is 76.4 Å². The van der Waals surface area contributed by atoms with Crippen LogP contribution in [0.3, 0.4) is 0 Å². The Morgan fingerprint density at radius 3 is 2.46 bits per heavy atom. The number of imidazole rings is 1. The summed E-state index contributed by atoms with van der Waals surface area (Å²) in [5.74, 6) is 0. The zero-order chi connectivity index (χ0) is 29.5. The molecule has 0 radical (unpaired) electrons. The molecule has 1 amide bonds. The quantitative estimate of drug-likeness (QED) is 0.327. The average molecular weight is 549 g/mol. The summed E-state index contributed by atoms with van der Waals surface area (Å²) in [7, 11) is 1.85. The Kier molecular flexibility index (Phi) is 6.88. The van der Waals surface area contributed by atoms with Crippen molar-refractivity contribution in [2.75, 3.05) is 13.1 Å². The fourth-order valence-electron chi connectivity index (χ4n) is 4.99. The molecule has 1 aromatic carbocycles. The van der Waals surface area contributed by atoms with Gasteiger partial charge in [-0.3, -0.25) is 14.5 Å². The number of rotatable bonds is 3. The van der Waals surface area contributed by atoms with Gasteiger partial charge in [0.15, 0.2) is 0 Å². The minimum atomic E-state index is -0.736. The number of aromatic nitrogens is 4. The molecular formula is C31H32N8O2. The predicted octanol–water partition coefficient (Wildman–Crippen LogP) is 5.12. The van der Waals surface area contributed by atoms with Gasteiger partial charge in [0.1, 0.15) is 5.60 Å². The fourth-order valence-corrected chi connectivity index (χ4v) is 4.99. The molecule has 0 N–H and O–H groups in total. The first-order chi connectivity index (χ1) is 19.4. The first-order valence-electron chi connectivity index (χ1n) is 13.4. The summed E-state index contributed by atoms with van der Waals surface area (Å²) in [6, 6.07) is 12.1. The Morgan fingerprint density at radius 2 is 1.85 bits per heavy atom. The topological polar surface area (TPSA) is 125 Å². The molecule has 208 valence electrons. The third-order valence-electron chi connectivity index (χ3n) is 7.21. The zero-order valence-electron chi connectivity index (χ0n) is 24.1. The standard InChI is InChI=1S/C31H32N8O2/c1-30(2,3)41-29(40)38-13-11-20(12-14-38)21-7-9-24-23(15-21)27-25(17-34-24)37(6)28(36-19-33)39(27)22-8-10-26(35-16-22)31(4,5)18-32/h7-11,15-17H,12-14H2,1-6H3/b36-28-. The second-order valence-electron chi connectivity index (χ2n) is 11.7. The SMILES string of the molecule is Cn1/c(=N/C#N)n(-c2ccc(C(C)(C)C#N)nc2)c2c3cc(C4=CCN(C(=O)OC(C)(C)C)CC4)ccc3ncc21. The number of amides is 1. The van der Waals surface area contributed by atoms with Gasteiger partial charge in [-0.2, -0.15) is 10.5 Å². The van der Waals surface area contributed by atoms with Crippen LogP contribution >= 0.6 is 0 Å². The molecule has 0 fully saturated rings. The molecular weight excluding hydrogens is 516 g/mol. The van der Waals surface area contributed by atoms with Crippen molar-refractivity contribution in [3.63, 3.8) is 0 Å². The average Bonchev–Trinajstić information content (AvgIpc) is 3.23. The smallest absolute Gasteiger partial charge is 0.410 e. The normalized spacial score (nSPS) is 14.6. The van der Waals surface area contributed by atoms with Crippen LogP contribution < -0.4 is 5.62 Å². The number of hydrogen-bond acceptors (Lipinski definition) is 7. The summed E-state index contributed by atoms with van der Waals surface area (Å²) in [4.78, 5) is 27.7. The van der Waals surface area contributed by atoms with E-state index in [0.717, 1.165) is 33.1 Å². The van der Waals surface area contributed by atoms with E-state index in [-0.39, 0.29) is 6.09 Å². The van der Waals surface area contributed by atoms with Crippen LogP contribution in [0.5, 0.6) is 0 Å². The number of benzene rings is 1. The number of carbonyl (C=O) groups is 1. The highest BCUT2D eigenvalue weighted by atomic mass is 16.6. The van der Waals surface area contributed by atoms with Crippen molar-refractivity contribution in [1.82, 2.24) is 24.0 Å². The van der Waals surface area contributed by atoms with Crippen LogP contribution in [0.2, 0.25) is 0 Å². The molecule has 0 saturated carbocycles. The Hall–Kier alpha value is -4.96. The molecule has 1 aliphatic heterocycles. The van der Waals surface area contributed by atoms with Crippen molar-refractivity contribution in [1.29, 1.82) is 10.5 Å². The summed E-state index contributed by atoms with van der Waals surface area (Å²) < 4.78 is 9.28. The molecule has 10 heteroatoms. The van der Waals surface area contributed by atoms with Crippen molar-refractivity contribution in [2.45, 2.75) is 52.1 Å². The first kappa shape index (κ1) is 27.6. The molecule has 0 atom stereocenters. The highest BCUT2D eigenvalue weighted by Gasteiger charge is 2.25. The van der Waals surface area contributed by atoms with E-state index in [1.165, 1.54) is 0 Å². The van der Waals surface area contributed by atoms with Crippen LogP contribution in [0, 0.1) is 22.8 Å². The van der Waals surface area contributed by atoms with E-state index in [1.54, 1.807) is 17.3 Å². The van der Waals surface area contributed by atoms with Crippen LogP contribution in [-0.4, -0.2) is 48.8 Å². The molecule has 0 spiro atoms. The van der Waals surface area contributed by atoms with E-state index < -0.39 is 11.0 Å². The summed E-state index contributed by atoms with van der Waals surface area (Å²) in [5.41, 5.74) is 5.14. The number of nitriles is 2. The van der Waals surface area contributed by atoms with Gasteiger partial charge in [0.25, 0.3) is 0 Å². The number of aryl methyl sites for hydroxylation is 1. The van der Waals surface area contributed by atoms with E-state index in [1.807, 2.05) is 81.3 Å². The van der Waals surface area contributed by atoms with E-state index >= 15 is 0 Å². The van der Waals surface area contributed by atoms with Gasteiger partial charge in [0, 0.05) is 25.5 Å². The van der Waals surface area contributed by atoms with Crippen LogP contribution in [0.25, 0.3) is 33.2 Å². The highest BCUT2D eigenvalue weighted by Crippen LogP contribution is 2.31. The second-order valence-corrected chi connectivity index (χ2v) is 11.7. The first-order valence-corrected chi connectivity index (χ1v) is 13.4. The number of nitrogens with zero attached hydrogens (tertiary/aromatic N) is 8. The molecule has 3 aromatic heterocycles. The monoisotopic (exact) mass is 548 g/mol. The number of ether oxygens (including phenoxy) is 1. The number of pyridine rings is 2. The van der Waals surface area contributed by atoms with Gasteiger partial charge < -0.3 is 14.2 Å². The summed E-state index contributed by atoms with van der Waals surface area (Å²) in [6.07, 6.45) is 7.86. The molecule has 0 aliphatic carbocycles. The minimum absolute atomic E-state index is 0.311. The molecule has 0 unspecified atom stereocenters. The molecule has 1 aliphatic rings. The van der Waals surface area contributed by atoms with Gasteiger partial charge >= 0.3 is 6.09 Å². The maximum atomic E-state index is 12.5. The van der Waals surface area contributed by atoms with Crippen molar-refractivity contribution >= 4 is 33.6 Å². The fraction of sp³-hybridized carbons (Fsp3) is 0.355. The van der Waals surface area contributed by atoms with Crippen LogP contribution in [0.15, 0.2) is 53.8 Å². The zero-order valence-corrected chi connectivity index (χ0v) is 24.1.